The molecule has 0 aliphatic rings. The minimum Gasteiger partial charge on any atom is -0.493 e. The van der Waals surface area contributed by atoms with Gasteiger partial charge in [0.2, 0.25) is 0 Å². The molecule has 0 aliphatic carbocycles. The first-order chi connectivity index (χ1) is 11.2. The van der Waals surface area contributed by atoms with Crippen molar-refractivity contribution in [3.05, 3.63) is 23.5 Å². The van der Waals surface area contributed by atoms with Crippen LogP contribution in [0.2, 0.25) is 0 Å². The summed E-state index contributed by atoms with van der Waals surface area (Å²) in [7, 11) is 1.31. The molecule has 130 valence electrons. The molecule has 1 N–H and O–H groups in total. The molecule has 0 aliphatic heterocycles. The lowest BCUT2D eigenvalue weighted by molar-refractivity contribution is -0.155. The molecule has 0 atom stereocenters. The van der Waals surface area contributed by atoms with Gasteiger partial charge in [0.15, 0.2) is 0 Å². The number of esters is 2. The number of methoxy groups -OCH3 is 1. The zero-order valence-corrected chi connectivity index (χ0v) is 14.6. The summed E-state index contributed by atoms with van der Waals surface area (Å²) in [5.41, 5.74) is 0.981. The number of hydrogen-bond donors (Lipinski definition) is 1. The average molecular weight is 334 g/mol. The van der Waals surface area contributed by atoms with Gasteiger partial charge < -0.3 is 19.2 Å². The molecule has 0 saturated carbocycles. The summed E-state index contributed by atoms with van der Waals surface area (Å²) in [6.45, 7) is 7.37. The third kappa shape index (κ3) is 4.47. The van der Waals surface area contributed by atoms with Crippen LogP contribution in [0.5, 0.6) is 5.75 Å². The maximum Gasteiger partial charge on any atom is 0.340 e. The molecule has 0 amide bonds. The number of rotatable bonds is 5. The van der Waals surface area contributed by atoms with Crippen molar-refractivity contribution in [2.24, 2.45) is 0 Å². The van der Waals surface area contributed by atoms with Crippen LogP contribution in [0, 0.1) is 6.92 Å². The van der Waals surface area contributed by atoms with Crippen molar-refractivity contribution in [1.29, 1.82) is 0 Å². The molecule has 24 heavy (non-hydrogen) atoms. The SMILES string of the molecule is COC(=O)c1cc(OCCC(=O)OC(C)(C)C)cc2[nH]c(C)nc12. The van der Waals surface area contributed by atoms with Gasteiger partial charge in [-0.05, 0) is 33.8 Å². The van der Waals surface area contributed by atoms with Crippen LogP contribution >= 0.6 is 0 Å². The molecule has 0 bridgehead atoms. The Balaban J connectivity index is 2.12. The number of aromatic amines is 1. The molecule has 0 saturated heterocycles. The highest BCUT2D eigenvalue weighted by Gasteiger charge is 2.18. The molecular formula is C17H22N2O5. The van der Waals surface area contributed by atoms with Gasteiger partial charge in [0, 0.05) is 6.07 Å². The van der Waals surface area contributed by atoms with Crippen molar-refractivity contribution < 1.29 is 23.8 Å². The van der Waals surface area contributed by atoms with Crippen molar-refractivity contribution in [1.82, 2.24) is 9.97 Å². The van der Waals surface area contributed by atoms with Gasteiger partial charge >= 0.3 is 11.9 Å². The van der Waals surface area contributed by atoms with E-state index < -0.39 is 11.6 Å². The van der Waals surface area contributed by atoms with Crippen LogP contribution in [0.1, 0.15) is 43.4 Å². The molecule has 7 nitrogen and oxygen atoms in total. The number of carbonyl (C=O) groups excluding carboxylic acids is 2. The molecule has 0 unspecified atom stereocenters. The Kier molecular flexibility index (Phi) is 5.11. The molecule has 7 heteroatoms. The quantitative estimate of drug-likeness (QED) is 0.846. The summed E-state index contributed by atoms with van der Waals surface area (Å²) in [6.07, 6.45) is 0.116. The number of nitrogens with one attached hydrogen (secondary N) is 1. The Morgan fingerprint density at radius 1 is 1.25 bits per heavy atom. The highest BCUT2D eigenvalue weighted by molar-refractivity contribution is 6.02. The van der Waals surface area contributed by atoms with Crippen LogP contribution in [0.3, 0.4) is 0 Å². The minimum atomic E-state index is -0.526. The van der Waals surface area contributed by atoms with Gasteiger partial charge in [-0.1, -0.05) is 0 Å². The van der Waals surface area contributed by atoms with Gasteiger partial charge in [-0.2, -0.15) is 0 Å². The molecule has 2 aromatic rings. The second-order valence-electron chi connectivity index (χ2n) is 6.37. The Morgan fingerprint density at radius 3 is 2.58 bits per heavy atom. The van der Waals surface area contributed by atoms with Gasteiger partial charge in [0.05, 0.1) is 31.2 Å². The molecule has 1 aromatic heterocycles. The summed E-state index contributed by atoms with van der Waals surface area (Å²) in [5, 5.41) is 0. The predicted molar refractivity (Wildman–Crippen MR) is 88.1 cm³/mol. The van der Waals surface area contributed by atoms with Gasteiger partial charge in [-0.25, -0.2) is 9.78 Å². The van der Waals surface area contributed by atoms with Crippen LogP contribution in [0.4, 0.5) is 0 Å². The Labute approximate surface area is 140 Å². The van der Waals surface area contributed by atoms with E-state index in [1.54, 1.807) is 19.1 Å². The number of aryl methyl sites for hydroxylation is 1. The number of carbonyl (C=O) groups is 2. The van der Waals surface area contributed by atoms with E-state index in [0.29, 0.717) is 28.2 Å². The van der Waals surface area contributed by atoms with E-state index in [0.717, 1.165) is 0 Å². The first kappa shape index (κ1) is 17.8. The van der Waals surface area contributed by atoms with E-state index >= 15 is 0 Å². The van der Waals surface area contributed by atoms with Crippen LogP contribution in [-0.2, 0) is 14.3 Å². The normalized spacial score (nSPS) is 11.4. The van der Waals surface area contributed by atoms with E-state index in [1.807, 2.05) is 20.8 Å². The van der Waals surface area contributed by atoms with Crippen molar-refractivity contribution in [3.63, 3.8) is 0 Å². The highest BCUT2D eigenvalue weighted by Crippen LogP contribution is 2.25. The molecule has 1 heterocycles. The predicted octanol–water partition coefficient (Wildman–Crippen LogP) is 2.77. The first-order valence-electron chi connectivity index (χ1n) is 7.63. The first-order valence-corrected chi connectivity index (χ1v) is 7.63. The molecule has 2 rings (SSSR count). The van der Waals surface area contributed by atoms with Gasteiger partial charge in [0.1, 0.15) is 22.7 Å². The third-order valence-electron chi connectivity index (χ3n) is 3.08. The maximum atomic E-state index is 11.9. The molecule has 0 fully saturated rings. The second kappa shape index (κ2) is 6.90. The number of aromatic nitrogens is 2. The number of nitrogens with zero attached hydrogens (tertiary/aromatic N) is 1. The fraction of sp³-hybridized carbons (Fsp3) is 0.471. The number of ether oxygens (including phenoxy) is 3. The molecule has 0 spiro atoms. The minimum absolute atomic E-state index is 0.116. The van der Waals surface area contributed by atoms with Crippen LogP contribution in [-0.4, -0.2) is 41.2 Å². The summed E-state index contributed by atoms with van der Waals surface area (Å²) in [6, 6.07) is 3.29. The van der Waals surface area contributed by atoms with E-state index in [9.17, 15) is 9.59 Å². The second-order valence-corrected chi connectivity index (χ2v) is 6.37. The van der Waals surface area contributed by atoms with E-state index in [1.165, 1.54) is 7.11 Å². The number of fused-ring (bicyclic) bond motifs is 1. The fourth-order valence-corrected chi connectivity index (χ4v) is 2.21. The highest BCUT2D eigenvalue weighted by atomic mass is 16.6. The largest absolute Gasteiger partial charge is 0.493 e. The Hall–Kier alpha value is -2.57. The van der Waals surface area contributed by atoms with Gasteiger partial charge in [0.25, 0.3) is 0 Å². The topological polar surface area (TPSA) is 90.5 Å². The molecule has 0 radical (unpaired) electrons. The number of imidazole rings is 1. The van der Waals surface area contributed by atoms with Crippen LogP contribution < -0.4 is 4.74 Å². The number of benzene rings is 1. The number of H-pyrrole nitrogens is 1. The smallest absolute Gasteiger partial charge is 0.340 e. The lowest BCUT2D eigenvalue weighted by Gasteiger charge is -2.19. The van der Waals surface area contributed by atoms with Crippen molar-refractivity contribution in [3.8, 4) is 5.75 Å². The monoisotopic (exact) mass is 334 g/mol. The standard InChI is InChI=1S/C17H22N2O5/c1-10-18-13-9-11(8-12(15(13)19-10)16(21)22-5)23-7-6-14(20)24-17(2,3)4/h8-9H,6-7H2,1-5H3,(H,18,19). The van der Waals surface area contributed by atoms with Crippen LogP contribution in [0.25, 0.3) is 11.0 Å². The average Bonchev–Trinajstić information content (AvgIpc) is 2.83. The Morgan fingerprint density at radius 2 is 1.96 bits per heavy atom. The third-order valence-corrected chi connectivity index (χ3v) is 3.08. The molecule has 1 aromatic carbocycles. The van der Waals surface area contributed by atoms with E-state index in [-0.39, 0.29) is 19.0 Å². The van der Waals surface area contributed by atoms with Crippen molar-refractivity contribution >= 4 is 23.0 Å². The summed E-state index contributed by atoms with van der Waals surface area (Å²) in [4.78, 5) is 31.0. The zero-order chi connectivity index (χ0) is 17.9. The van der Waals surface area contributed by atoms with Crippen molar-refractivity contribution in [2.45, 2.75) is 39.7 Å². The van der Waals surface area contributed by atoms with Crippen LogP contribution in [0.15, 0.2) is 12.1 Å². The van der Waals surface area contributed by atoms with Gasteiger partial charge in [-0.15, -0.1) is 0 Å². The summed E-state index contributed by atoms with van der Waals surface area (Å²) in [5.74, 6) is 0.300. The van der Waals surface area contributed by atoms with E-state index in [2.05, 4.69) is 9.97 Å². The maximum absolute atomic E-state index is 11.9. The van der Waals surface area contributed by atoms with Gasteiger partial charge in [-0.3, -0.25) is 4.79 Å². The summed E-state index contributed by atoms with van der Waals surface area (Å²) < 4.78 is 15.6. The summed E-state index contributed by atoms with van der Waals surface area (Å²) >= 11 is 0. The lowest BCUT2D eigenvalue weighted by atomic mass is 10.1. The Bertz CT molecular complexity index is 758. The van der Waals surface area contributed by atoms with E-state index in [4.69, 9.17) is 14.2 Å². The fourth-order valence-electron chi connectivity index (χ4n) is 2.21. The van der Waals surface area contributed by atoms with Crippen molar-refractivity contribution in [2.75, 3.05) is 13.7 Å². The lowest BCUT2D eigenvalue weighted by Crippen LogP contribution is -2.24. The molecular weight excluding hydrogens is 312 g/mol. The zero-order valence-electron chi connectivity index (χ0n) is 14.6. The number of hydrogen-bond acceptors (Lipinski definition) is 6.